The number of likely N-dealkylation sites (tertiary alicyclic amines) is 1. The largest absolute Gasteiger partial charge is 0.339 e. The van der Waals surface area contributed by atoms with Gasteiger partial charge in [-0.15, -0.1) is 0 Å². The summed E-state index contributed by atoms with van der Waals surface area (Å²) >= 11 is 0. The van der Waals surface area contributed by atoms with Crippen molar-refractivity contribution in [2.45, 2.75) is 37.5 Å². The minimum absolute atomic E-state index is 0.0676. The molecule has 3 aromatic rings. The van der Waals surface area contributed by atoms with E-state index in [0.29, 0.717) is 24.5 Å². The van der Waals surface area contributed by atoms with Crippen LogP contribution in [0.3, 0.4) is 0 Å². The molecule has 2 fully saturated rings. The number of pyridine rings is 2. The summed E-state index contributed by atoms with van der Waals surface area (Å²) in [5.74, 6) is 2.12. The van der Waals surface area contributed by atoms with Crippen LogP contribution in [0, 0.1) is 5.92 Å². The fourth-order valence-electron chi connectivity index (χ4n) is 4.26. The van der Waals surface area contributed by atoms with E-state index < -0.39 is 0 Å². The number of piperidine rings is 1. The highest BCUT2D eigenvalue weighted by Crippen LogP contribution is 2.46. The predicted molar refractivity (Wildman–Crippen MR) is 106 cm³/mol. The third kappa shape index (κ3) is 3.64. The quantitative estimate of drug-likeness (QED) is 0.664. The van der Waals surface area contributed by atoms with Crippen molar-refractivity contribution in [3.05, 3.63) is 60.4 Å². The molecule has 0 spiro atoms. The molecule has 1 amide bonds. The molecule has 0 bridgehead atoms. The molecule has 7 nitrogen and oxygen atoms in total. The van der Waals surface area contributed by atoms with Crippen molar-refractivity contribution in [2.75, 3.05) is 13.1 Å². The zero-order valence-corrected chi connectivity index (χ0v) is 16.2. The molecule has 4 heterocycles. The molecule has 0 unspecified atom stereocenters. The molecule has 0 N–H and O–H groups in total. The summed E-state index contributed by atoms with van der Waals surface area (Å²) in [7, 11) is 0. The van der Waals surface area contributed by atoms with Gasteiger partial charge in [-0.2, -0.15) is 4.98 Å². The van der Waals surface area contributed by atoms with Gasteiger partial charge >= 0.3 is 0 Å². The lowest BCUT2D eigenvalue weighted by molar-refractivity contribution is 0.0645. The van der Waals surface area contributed by atoms with Gasteiger partial charge in [0, 0.05) is 54.4 Å². The number of amides is 1. The lowest BCUT2D eigenvalue weighted by Gasteiger charge is -2.40. The van der Waals surface area contributed by atoms with E-state index >= 15 is 0 Å². The minimum Gasteiger partial charge on any atom is -0.339 e. The molecule has 1 saturated carbocycles. The Morgan fingerprint density at radius 3 is 2.34 bits per heavy atom. The van der Waals surface area contributed by atoms with Crippen molar-refractivity contribution in [1.29, 1.82) is 0 Å². The molecule has 7 heteroatoms. The number of carbonyl (C=O) groups excluding carboxylic acids is 1. The maximum absolute atomic E-state index is 12.8. The normalized spacial score (nSPS) is 18.6. The topological polar surface area (TPSA) is 85.0 Å². The van der Waals surface area contributed by atoms with Crippen LogP contribution in [0.2, 0.25) is 0 Å². The first-order chi connectivity index (χ1) is 14.2. The van der Waals surface area contributed by atoms with Gasteiger partial charge in [-0.05, 0) is 49.4 Å². The molecule has 5 rings (SSSR count). The smallest absolute Gasteiger partial charge is 0.258 e. The van der Waals surface area contributed by atoms with Gasteiger partial charge in [0.25, 0.3) is 11.8 Å². The van der Waals surface area contributed by atoms with Gasteiger partial charge in [-0.1, -0.05) is 18.0 Å². The molecular formula is C22H23N5O2. The molecule has 148 valence electrons. The summed E-state index contributed by atoms with van der Waals surface area (Å²) in [4.78, 5) is 27.6. The Balaban J connectivity index is 1.36. The molecule has 3 aromatic heterocycles. The van der Waals surface area contributed by atoms with Crippen molar-refractivity contribution in [2.24, 2.45) is 5.92 Å². The predicted octanol–water partition coefficient (Wildman–Crippen LogP) is 3.50. The van der Waals surface area contributed by atoms with Crippen LogP contribution >= 0.6 is 0 Å². The first kappa shape index (κ1) is 18.0. The van der Waals surface area contributed by atoms with Crippen LogP contribution in [0.4, 0.5) is 0 Å². The fraction of sp³-hybridized carbons (Fsp3) is 0.409. The van der Waals surface area contributed by atoms with E-state index in [1.165, 1.54) is 12.8 Å². The van der Waals surface area contributed by atoms with Gasteiger partial charge < -0.3 is 9.42 Å². The van der Waals surface area contributed by atoms with Gasteiger partial charge in [-0.25, -0.2) is 0 Å². The molecule has 1 saturated heterocycles. The van der Waals surface area contributed by atoms with Gasteiger partial charge in [0.15, 0.2) is 5.82 Å². The molecule has 0 radical (unpaired) electrons. The minimum atomic E-state index is -0.120. The summed E-state index contributed by atoms with van der Waals surface area (Å²) in [6, 6.07) is 7.30. The van der Waals surface area contributed by atoms with Crippen LogP contribution in [-0.4, -0.2) is 44.0 Å². The van der Waals surface area contributed by atoms with Crippen LogP contribution in [0.25, 0.3) is 11.5 Å². The van der Waals surface area contributed by atoms with Crippen molar-refractivity contribution in [1.82, 2.24) is 25.0 Å². The molecule has 0 atom stereocenters. The highest BCUT2D eigenvalue weighted by atomic mass is 16.5. The van der Waals surface area contributed by atoms with Crippen molar-refractivity contribution < 1.29 is 9.32 Å². The molecular weight excluding hydrogens is 366 g/mol. The Hall–Kier alpha value is -3.09. The van der Waals surface area contributed by atoms with Crippen LogP contribution in [0.1, 0.15) is 48.3 Å². The van der Waals surface area contributed by atoms with E-state index in [9.17, 15) is 4.79 Å². The van der Waals surface area contributed by atoms with Crippen LogP contribution in [-0.2, 0) is 5.41 Å². The molecule has 0 aromatic carbocycles. The van der Waals surface area contributed by atoms with E-state index in [0.717, 1.165) is 36.6 Å². The highest BCUT2D eigenvalue weighted by Gasteiger charge is 2.44. The van der Waals surface area contributed by atoms with Gasteiger partial charge in [0.05, 0.1) is 0 Å². The van der Waals surface area contributed by atoms with E-state index in [4.69, 9.17) is 9.51 Å². The Morgan fingerprint density at radius 1 is 1.03 bits per heavy atom. The SMILES string of the molecule is O=C(c1ccncc1)N1CCC(CC2CC2)(c2noc(-c3ccncc3)n2)CC1. The van der Waals surface area contributed by atoms with E-state index in [-0.39, 0.29) is 11.3 Å². The zero-order valence-electron chi connectivity index (χ0n) is 16.2. The Bertz CT molecular complexity index is 977. The summed E-state index contributed by atoms with van der Waals surface area (Å²) in [5, 5.41) is 4.38. The average molecular weight is 389 g/mol. The summed E-state index contributed by atoms with van der Waals surface area (Å²) < 4.78 is 5.60. The Kier molecular flexibility index (Phi) is 4.58. The summed E-state index contributed by atoms with van der Waals surface area (Å²) in [6.07, 6.45) is 12.1. The number of aromatic nitrogens is 4. The average Bonchev–Trinajstić information content (AvgIpc) is 3.45. The van der Waals surface area contributed by atoms with E-state index in [1.807, 2.05) is 17.0 Å². The number of rotatable bonds is 5. The zero-order chi connectivity index (χ0) is 19.7. The lowest BCUT2D eigenvalue weighted by atomic mass is 9.73. The number of carbonyl (C=O) groups is 1. The van der Waals surface area contributed by atoms with Gasteiger partial charge in [0.1, 0.15) is 0 Å². The first-order valence-electron chi connectivity index (χ1n) is 10.2. The second-order valence-electron chi connectivity index (χ2n) is 8.11. The fourth-order valence-corrected chi connectivity index (χ4v) is 4.26. The van der Waals surface area contributed by atoms with Gasteiger partial charge in [0.2, 0.25) is 0 Å². The third-order valence-electron chi connectivity index (χ3n) is 6.14. The second kappa shape index (κ2) is 7.39. The monoisotopic (exact) mass is 389 g/mol. The Morgan fingerprint density at radius 2 is 1.69 bits per heavy atom. The molecule has 1 aliphatic carbocycles. The summed E-state index contributed by atoms with van der Waals surface area (Å²) in [5.41, 5.74) is 1.45. The van der Waals surface area contributed by atoms with Crippen molar-refractivity contribution in [3.63, 3.8) is 0 Å². The maximum atomic E-state index is 12.8. The van der Waals surface area contributed by atoms with Crippen LogP contribution in [0.15, 0.2) is 53.6 Å². The highest BCUT2D eigenvalue weighted by molar-refractivity contribution is 5.94. The van der Waals surface area contributed by atoms with Crippen molar-refractivity contribution in [3.8, 4) is 11.5 Å². The van der Waals surface area contributed by atoms with Gasteiger partial charge in [-0.3, -0.25) is 14.8 Å². The number of hydrogen-bond acceptors (Lipinski definition) is 6. The van der Waals surface area contributed by atoms with E-state index in [1.54, 1.807) is 36.9 Å². The van der Waals surface area contributed by atoms with Crippen molar-refractivity contribution >= 4 is 5.91 Å². The third-order valence-corrected chi connectivity index (χ3v) is 6.14. The molecule has 29 heavy (non-hydrogen) atoms. The first-order valence-corrected chi connectivity index (χ1v) is 10.2. The standard InChI is InChI=1S/C22H23N5O2/c28-20(18-5-11-24-12-6-18)27-13-7-22(8-14-27,15-16-1-2-16)21-25-19(29-26-21)17-3-9-23-10-4-17/h3-6,9-12,16H,1-2,7-8,13-15H2. The lowest BCUT2D eigenvalue weighted by Crippen LogP contribution is -2.46. The maximum Gasteiger partial charge on any atom is 0.258 e. The summed E-state index contributed by atoms with van der Waals surface area (Å²) in [6.45, 7) is 1.40. The second-order valence-corrected chi connectivity index (χ2v) is 8.11. The number of nitrogens with zero attached hydrogens (tertiary/aromatic N) is 5. The Labute approximate surface area is 169 Å². The number of hydrogen-bond donors (Lipinski definition) is 0. The molecule has 2 aliphatic rings. The van der Waals surface area contributed by atoms with E-state index in [2.05, 4.69) is 15.1 Å². The van der Waals surface area contributed by atoms with Crippen LogP contribution in [0.5, 0.6) is 0 Å². The van der Waals surface area contributed by atoms with Crippen LogP contribution < -0.4 is 0 Å². The molecule has 1 aliphatic heterocycles.